The third-order valence-corrected chi connectivity index (χ3v) is 5.65. The molecule has 176 valence electrons. The number of carbonyl (C=O) groups is 1. The highest BCUT2D eigenvalue weighted by atomic mass is 19.4. The molecule has 2 aromatic heterocycles. The first-order chi connectivity index (χ1) is 15.7. The highest BCUT2D eigenvalue weighted by Crippen LogP contribution is 2.37. The van der Waals surface area contributed by atoms with Gasteiger partial charge >= 0.3 is 6.18 Å². The fourth-order valence-corrected chi connectivity index (χ4v) is 4.01. The van der Waals surface area contributed by atoms with E-state index in [2.05, 4.69) is 9.97 Å². The molecule has 0 bridgehead atoms. The normalized spacial score (nSPS) is 17.5. The second-order valence-electron chi connectivity index (χ2n) is 7.88. The lowest BCUT2D eigenvalue weighted by Crippen LogP contribution is -2.37. The second-order valence-corrected chi connectivity index (χ2v) is 7.88. The first kappa shape index (κ1) is 23.0. The highest BCUT2D eigenvalue weighted by molar-refractivity contribution is 5.98. The topological polar surface area (TPSA) is 94.5 Å². The van der Waals surface area contributed by atoms with Crippen LogP contribution < -0.4 is 10.5 Å². The molecule has 2 N–H and O–H groups in total. The Balaban J connectivity index is 1.85. The quantitative estimate of drug-likeness (QED) is 0.556. The maximum atomic E-state index is 13.4. The molecule has 11 heteroatoms. The van der Waals surface area contributed by atoms with Crippen molar-refractivity contribution < 1.29 is 31.5 Å². The van der Waals surface area contributed by atoms with Gasteiger partial charge in [0.05, 0.1) is 19.2 Å². The van der Waals surface area contributed by atoms with Gasteiger partial charge in [-0.25, -0.2) is 14.4 Å². The summed E-state index contributed by atoms with van der Waals surface area (Å²) in [6.45, 7) is 1.34. The van der Waals surface area contributed by atoms with E-state index in [0.29, 0.717) is 30.3 Å². The van der Waals surface area contributed by atoms with Gasteiger partial charge in [0.2, 0.25) is 5.89 Å². The van der Waals surface area contributed by atoms with E-state index >= 15 is 0 Å². The highest BCUT2D eigenvalue weighted by Gasteiger charge is 2.35. The van der Waals surface area contributed by atoms with Crippen molar-refractivity contribution in [3.63, 3.8) is 0 Å². The number of nitrogens with two attached hydrogens (primary N) is 1. The van der Waals surface area contributed by atoms with E-state index in [4.69, 9.17) is 14.9 Å². The van der Waals surface area contributed by atoms with Gasteiger partial charge in [-0.05, 0) is 44.0 Å². The lowest BCUT2D eigenvalue weighted by Gasteiger charge is -2.21. The number of rotatable bonds is 5. The molecule has 0 saturated carbocycles. The summed E-state index contributed by atoms with van der Waals surface area (Å²) in [6.07, 6.45) is -3.41. The number of ether oxygens (including phenoxy) is 1. The molecule has 1 amide bonds. The maximum absolute atomic E-state index is 13.4. The van der Waals surface area contributed by atoms with Gasteiger partial charge in [0, 0.05) is 17.5 Å². The van der Waals surface area contributed by atoms with Crippen LogP contribution in [0.2, 0.25) is 0 Å². The molecule has 3 aromatic rings. The Bertz CT molecular complexity index is 1190. The minimum atomic E-state index is -4.64. The Hall–Kier alpha value is -3.21. The van der Waals surface area contributed by atoms with Gasteiger partial charge in [0.25, 0.3) is 5.91 Å². The summed E-state index contributed by atoms with van der Waals surface area (Å²) >= 11 is 0. The summed E-state index contributed by atoms with van der Waals surface area (Å²) in [7, 11) is 1.32. The Morgan fingerprint density at radius 2 is 2.06 bits per heavy atom. The van der Waals surface area contributed by atoms with Crippen LogP contribution in [0.25, 0.3) is 22.4 Å². The zero-order valence-corrected chi connectivity index (χ0v) is 17.9. The number of hydrogen-bond acceptors (Lipinski definition) is 6. The van der Waals surface area contributed by atoms with Crippen molar-refractivity contribution in [1.82, 2.24) is 14.9 Å². The van der Waals surface area contributed by atoms with Crippen molar-refractivity contribution in [2.24, 2.45) is 5.73 Å². The minimum absolute atomic E-state index is 0.00384. The number of pyridine rings is 1. The van der Waals surface area contributed by atoms with Crippen LogP contribution in [-0.4, -0.2) is 47.1 Å². The number of fused-ring (bicyclic) bond motifs is 1. The van der Waals surface area contributed by atoms with E-state index in [9.17, 15) is 22.4 Å². The van der Waals surface area contributed by atoms with Crippen LogP contribution in [-0.2, 0) is 6.18 Å². The van der Waals surface area contributed by atoms with Gasteiger partial charge in [0.15, 0.2) is 11.5 Å². The molecule has 0 unspecified atom stereocenters. The van der Waals surface area contributed by atoms with Gasteiger partial charge in [-0.2, -0.15) is 13.2 Å². The number of aromatic nitrogens is 2. The molecule has 0 radical (unpaired) electrons. The number of hydrogen-bond donors (Lipinski definition) is 1. The molecule has 1 aromatic carbocycles. The summed E-state index contributed by atoms with van der Waals surface area (Å²) in [5.41, 5.74) is 5.17. The Morgan fingerprint density at radius 3 is 2.70 bits per heavy atom. The van der Waals surface area contributed by atoms with Gasteiger partial charge in [-0.1, -0.05) is 0 Å². The van der Waals surface area contributed by atoms with Gasteiger partial charge < -0.3 is 19.8 Å². The Labute approximate surface area is 186 Å². The average molecular weight is 466 g/mol. The summed E-state index contributed by atoms with van der Waals surface area (Å²) in [5, 5.41) is 0.293. The number of halogens is 4. The number of methoxy groups -OCH3 is 1. The number of carbonyl (C=O) groups excluding carboxylic acids is 1. The van der Waals surface area contributed by atoms with E-state index in [0.717, 1.165) is 6.07 Å². The summed E-state index contributed by atoms with van der Waals surface area (Å²) < 4.78 is 64.0. The van der Waals surface area contributed by atoms with Crippen LogP contribution in [0.4, 0.5) is 17.6 Å². The van der Waals surface area contributed by atoms with Crippen molar-refractivity contribution >= 4 is 16.8 Å². The number of oxazole rings is 1. The summed E-state index contributed by atoms with van der Waals surface area (Å²) in [5.74, 6) is -0.245. The van der Waals surface area contributed by atoms with Crippen LogP contribution >= 0.6 is 0 Å². The molecule has 2 atom stereocenters. The van der Waals surface area contributed by atoms with E-state index in [1.54, 1.807) is 13.0 Å². The van der Waals surface area contributed by atoms with Crippen LogP contribution in [0.1, 0.15) is 47.7 Å². The maximum Gasteiger partial charge on any atom is 0.433 e. The van der Waals surface area contributed by atoms with Gasteiger partial charge in [-0.3, -0.25) is 4.79 Å². The third kappa shape index (κ3) is 4.12. The monoisotopic (exact) mass is 466 g/mol. The summed E-state index contributed by atoms with van der Waals surface area (Å²) in [6, 6.07) is 3.87. The molecule has 3 heterocycles. The smallest absolute Gasteiger partial charge is 0.433 e. The zero-order chi connectivity index (χ0) is 23.9. The van der Waals surface area contributed by atoms with Crippen molar-refractivity contribution in [3.8, 4) is 17.2 Å². The van der Waals surface area contributed by atoms with Gasteiger partial charge in [0.1, 0.15) is 23.6 Å². The lowest BCUT2D eigenvalue weighted by atomic mass is 10.1. The third-order valence-electron chi connectivity index (χ3n) is 5.65. The summed E-state index contributed by atoms with van der Waals surface area (Å²) in [4.78, 5) is 22.6. The average Bonchev–Trinajstić information content (AvgIpc) is 3.44. The first-order valence-corrected chi connectivity index (χ1v) is 10.3. The first-order valence-electron chi connectivity index (χ1n) is 10.3. The Kier molecular flexibility index (Phi) is 6.00. The number of likely N-dealkylation sites (tertiary alicyclic amines) is 1. The van der Waals surface area contributed by atoms with Crippen molar-refractivity contribution in [2.45, 2.75) is 38.0 Å². The standard InChI is InChI=1S/C22H22F4N4O3/c1-11(27)19-18(21(31)30-9-3-4-12(30)10-23)29-20(33-19)14-5-7-15(32-2)17-13(14)6-8-16(28-17)22(24,25)26/h5-8,11-12H,3-4,9-10,27H2,1-2H3/t11-,12-/m0/s1. The van der Waals surface area contributed by atoms with E-state index in [1.807, 2.05) is 0 Å². The molecule has 4 rings (SSSR count). The largest absolute Gasteiger partial charge is 0.494 e. The fraction of sp³-hybridized carbons (Fsp3) is 0.409. The molecule has 0 spiro atoms. The van der Waals surface area contributed by atoms with Crippen LogP contribution in [0.5, 0.6) is 5.75 Å². The molecule has 1 aliphatic rings. The molecule has 1 fully saturated rings. The van der Waals surface area contributed by atoms with Crippen molar-refractivity contribution in [1.29, 1.82) is 0 Å². The van der Waals surface area contributed by atoms with Crippen molar-refractivity contribution in [2.75, 3.05) is 20.3 Å². The van der Waals surface area contributed by atoms with Crippen molar-refractivity contribution in [3.05, 3.63) is 41.4 Å². The molecule has 0 aliphatic carbocycles. The Morgan fingerprint density at radius 1 is 1.30 bits per heavy atom. The van der Waals surface area contributed by atoms with Gasteiger partial charge in [-0.15, -0.1) is 0 Å². The lowest BCUT2D eigenvalue weighted by molar-refractivity contribution is -0.140. The number of benzene rings is 1. The molecular formula is C22H22F4N4O3. The number of alkyl halides is 4. The number of amides is 1. The molecule has 1 aliphatic heterocycles. The van der Waals surface area contributed by atoms with E-state index in [-0.39, 0.29) is 28.6 Å². The van der Waals surface area contributed by atoms with Crippen LogP contribution in [0.15, 0.2) is 28.7 Å². The second kappa shape index (κ2) is 8.62. The molecule has 1 saturated heterocycles. The predicted molar refractivity (Wildman–Crippen MR) is 111 cm³/mol. The van der Waals surface area contributed by atoms with E-state index in [1.165, 1.54) is 24.1 Å². The minimum Gasteiger partial charge on any atom is -0.494 e. The molecular weight excluding hydrogens is 444 g/mol. The number of nitrogens with zero attached hydrogens (tertiary/aromatic N) is 3. The molecule has 7 nitrogen and oxygen atoms in total. The SMILES string of the molecule is COc1ccc(-c2nc(C(=O)N3CCC[C@H]3CF)c([C@H](C)N)o2)c2ccc(C(F)(F)F)nc12. The zero-order valence-electron chi connectivity index (χ0n) is 17.9. The van der Waals surface area contributed by atoms with Crippen LogP contribution in [0, 0.1) is 0 Å². The predicted octanol–water partition coefficient (Wildman–Crippen LogP) is 4.51. The van der Waals surface area contributed by atoms with Crippen LogP contribution in [0.3, 0.4) is 0 Å². The molecule has 33 heavy (non-hydrogen) atoms. The fourth-order valence-electron chi connectivity index (χ4n) is 4.01. The van der Waals surface area contributed by atoms with E-state index < -0.39 is 36.5 Å².